The molecule has 0 radical (unpaired) electrons. The van der Waals surface area contributed by atoms with Crippen molar-refractivity contribution in [3.63, 3.8) is 0 Å². The molecule has 0 spiro atoms. The molecule has 0 saturated heterocycles. The number of hydrogen-bond donors (Lipinski definition) is 2. The number of aliphatic hydroxyl groups excluding tert-OH is 1. The lowest BCUT2D eigenvalue weighted by Gasteiger charge is -2.25. The van der Waals surface area contributed by atoms with E-state index in [0.29, 0.717) is 0 Å². The second-order valence-electron chi connectivity index (χ2n) is 5.33. The van der Waals surface area contributed by atoms with Gasteiger partial charge < -0.3 is 10.8 Å². The van der Waals surface area contributed by atoms with Crippen LogP contribution in [0, 0.1) is 5.92 Å². The van der Waals surface area contributed by atoms with E-state index < -0.39 is 23.9 Å². The number of rotatable bonds is 3. The molecule has 1 fully saturated rings. The Balaban J connectivity index is 0.00000220. The van der Waals surface area contributed by atoms with E-state index in [1.54, 1.807) is 0 Å². The van der Waals surface area contributed by atoms with Crippen molar-refractivity contribution in [2.75, 3.05) is 0 Å². The average molecular weight is 344 g/mol. The highest BCUT2D eigenvalue weighted by Crippen LogP contribution is 2.36. The van der Waals surface area contributed by atoms with Crippen LogP contribution in [0.25, 0.3) is 0 Å². The largest absolute Gasteiger partial charge is 0.416 e. The summed E-state index contributed by atoms with van der Waals surface area (Å²) in [5.74, 6) is 0.0540. The Morgan fingerprint density at radius 1 is 1.19 bits per heavy atom. The molecule has 1 aliphatic rings. The minimum absolute atomic E-state index is 0. The van der Waals surface area contributed by atoms with E-state index in [1.165, 1.54) is 6.07 Å². The predicted molar refractivity (Wildman–Crippen MR) is 78.6 cm³/mol. The Kier molecular flexibility index (Phi) is 6.35. The summed E-state index contributed by atoms with van der Waals surface area (Å²) in [5, 5.41) is 10.2. The maximum atomic E-state index is 12.8. The Bertz CT molecular complexity index is 476. The normalized spacial score (nSPS) is 19.1. The summed E-state index contributed by atoms with van der Waals surface area (Å²) in [5.41, 5.74) is 5.31. The van der Waals surface area contributed by atoms with Crippen molar-refractivity contribution in [2.45, 2.75) is 44.0 Å². The Morgan fingerprint density at radius 3 is 2.29 bits per heavy atom. The Hall–Kier alpha value is -0.490. The van der Waals surface area contributed by atoms with Crippen LogP contribution in [0.15, 0.2) is 18.2 Å². The summed E-state index contributed by atoms with van der Waals surface area (Å²) in [4.78, 5) is 0. The monoisotopic (exact) mass is 343 g/mol. The smallest absolute Gasteiger partial charge is 0.391 e. The molecule has 0 amide bonds. The predicted octanol–water partition coefficient (Wildman–Crippen LogP) is 4.33. The van der Waals surface area contributed by atoms with Gasteiger partial charge in [-0.2, -0.15) is 13.2 Å². The van der Waals surface area contributed by atoms with Gasteiger partial charge in [-0.15, -0.1) is 12.4 Å². The van der Waals surface area contributed by atoms with Crippen molar-refractivity contribution in [1.82, 2.24) is 0 Å². The molecule has 3 N–H and O–H groups in total. The zero-order valence-corrected chi connectivity index (χ0v) is 12.8. The van der Waals surface area contributed by atoms with Crippen LogP contribution in [0.3, 0.4) is 0 Å². The Labute approximate surface area is 132 Å². The van der Waals surface area contributed by atoms with Gasteiger partial charge in [0.1, 0.15) is 0 Å². The first-order valence-electron chi connectivity index (χ1n) is 6.60. The fourth-order valence-electron chi connectivity index (χ4n) is 2.76. The molecule has 0 bridgehead atoms. The number of alkyl halides is 3. The molecule has 2 nitrogen and oxygen atoms in total. The summed E-state index contributed by atoms with van der Waals surface area (Å²) >= 11 is 5.73. The van der Waals surface area contributed by atoms with Crippen molar-refractivity contribution in [3.05, 3.63) is 34.3 Å². The first kappa shape index (κ1) is 18.6. The molecule has 0 aliphatic heterocycles. The highest BCUT2D eigenvalue weighted by atomic mass is 35.5. The van der Waals surface area contributed by atoms with Gasteiger partial charge in [0.15, 0.2) is 0 Å². The van der Waals surface area contributed by atoms with Gasteiger partial charge in [0.25, 0.3) is 0 Å². The maximum absolute atomic E-state index is 12.8. The van der Waals surface area contributed by atoms with Crippen LogP contribution in [0.2, 0.25) is 5.02 Å². The molecule has 0 unspecified atom stereocenters. The number of benzene rings is 1. The third-order valence-electron chi connectivity index (χ3n) is 3.88. The van der Waals surface area contributed by atoms with Crippen molar-refractivity contribution in [1.29, 1.82) is 0 Å². The Morgan fingerprint density at radius 2 is 1.76 bits per heavy atom. The first-order chi connectivity index (χ1) is 9.29. The van der Waals surface area contributed by atoms with Crippen molar-refractivity contribution >= 4 is 24.0 Å². The molecule has 0 aromatic heterocycles. The lowest BCUT2D eigenvalue weighted by Crippen LogP contribution is -2.32. The highest BCUT2D eigenvalue weighted by Gasteiger charge is 2.33. The molecule has 120 valence electrons. The molecule has 0 heterocycles. The van der Waals surface area contributed by atoms with Crippen LogP contribution >= 0.6 is 24.0 Å². The number of halogens is 5. The summed E-state index contributed by atoms with van der Waals surface area (Å²) in [6.45, 7) is 0. The van der Waals surface area contributed by atoms with E-state index in [2.05, 4.69) is 0 Å². The zero-order chi connectivity index (χ0) is 14.9. The molecule has 21 heavy (non-hydrogen) atoms. The fourth-order valence-corrected chi connectivity index (χ4v) is 3.00. The molecule has 1 saturated carbocycles. The summed E-state index contributed by atoms with van der Waals surface area (Å²) in [7, 11) is 0. The van der Waals surface area contributed by atoms with Crippen LogP contribution in [0.4, 0.5) is 13.2 Å². The highest BCUT2D eigenvalue weighted by molar-refractivity contribution is 6.30. The minimum atomic E-state index is -4.47. The average Bonchev–Trinajstić information content (AvgIpc) is 2.89. The molecule has 2 atom stereocenters. The summed E-state index contributed by atoms with van der Waals surface area (Å²) in [6, 6.07) is 2.37. The minimum Gasteiger partial charge on any atom is -0.391 e. The second kappa shape index (κ2) is 7.18. The third kappa shape index (κ3) is 4.49. The van der Waals surface area contributed by atoms with Gasteiger partial charge >= 0.3 is 6.18 Å². The van der Waals surface area contributed by atoms with Crippen molar-refractivity contribution in [3.8, 4) is 0 Å². The maximum Gasteiger partial charge on any atom is 0.416 e. The molecule has 1 aromatic rings. The molecular formula is C14H18Cl2F3NO. The van der Waals surface area contributed by atoms with Gasteiger partial charge in [-0.25, -0.2) is 0 Å². The van der Waals surface area contributed by atoms with Crippen molar-refractivity contribution in [2.24, 2.45) is 11.7 Å². The van der Waals surface area contributed by atoms with E-state index in [-0.39, 0.29) is 28.9 Å². The second-order valence-corrected chi connectivity index (χ2v) is 5.77. The van der Waals surface area contributed by atoms with Crippen molar-refractivity contribution < 1.29 is 18.3 Å². The standard InChI is InChI=1S/C14H17ClF3NO.ClH/c15-11-6-9(5-10(7-11)14(16,17)18)12(19)13(20)8-3-1-2-4-8;/h5-8,12-13,20H,1-4,19H2;1H/t12-,13+;/m1./s1. The zero-order valence-electron chi connectivity index (χ0n) is 11.2. The topological polar surface area (TPSA) is 46.2 Å². The van der Waals surface area contributed by atoms with E-state index in [9.17, 15) is 18.3 Å². The van der Waals surface area contributed by atoms with E-state index in [1.807, 2.05) is 0 Å². The molecular weight excluding hydrogens is 326 g/mol. The van der Waals surface area contributed by atoms with Crippen LogP contribution in [-0.4, -0.2) is 11.2 Å². The van der Waals surface area contributed by atoms with Gasteiger partial charge in [-0.05, 0) is 42.5 Å². The van der Waals surface area contributed by atoms with Gasteiger partial charge in [0.2, 0.25) is 0 Å². The van der Waals surface area contributed by atoms with Crippen LogP contribution < -0.4 is 5.73 Å². The molecule has 1 aromatic carbocycles. The number of nitrogens with two attached hydrogens (primary N) is 1. The summed E-state index contributed by atoms with van der Waals surface area (Å²) < 4.78 is 38.3. The van der Waals surface area contributed by atoms with Crippen LogP contribution in [0.1, 0.15) is 42.9 Å². The quantitative estimate of drug-likeness (QED) is 0.857. The number of hydrogen-bond acceptors (Lipinski definition) is 2. The molecule has 2 rings (SSSR count). The SMILES string of the molecule is Cl.N[C@H](c1cc(Cl)cc(C(F)(F)F)c1)[C@@H](O)C1CCCC1. The summed E-state index contributed by atoms with van der Waals surface area (Å²) in [6.07, 6.45) is -1.53. The number of aliphatic hydroxyl groups is 1. The lowest BCUT2D eigenvalue weighted by molar-refractivity contribution is -0.137. The van der Waals surface area contributed by atoms with E-state index in [0.717, 1.165) is 37.8 Å². The van der Waals surface area contributed by atoms with Gasteiger partial charge in [0.05, 0.1) is 17.7 Å². The van der Waals surface area contributed by atoms with Crippen LogP contribution in [0.5, 0.6) is 0 Å². The molecule has 1 aliphatic carbocycles. The first-order valence-corrected chi connectivity index (χ1v) is 6.98. The fraction of sp³-hybridized carbons (Fsp3) is 0.571. The van der Waals surface area contributed by atoms with Gasteiger partial charge in [-0.3, -0.25) is 0 Å². The van der Waals surface area contributed by atoms with Gasteiger partial charge in [0, 0.05) is 5.02 Å². The van der Waals surface area contributed by atoms with Gasteiger partial charge in [-0.1, -0.05) is 24.4 Å². The van der Waals surface area contributed by atoms with E-state index >= 15 is 0 Å². The van der Waals surface area contributed by atoms with E-state index in [4.69, 9.17) is 17.3 Å². The van der Waals surface area contributed by atoms with Crippen LogP contribution in [-0.2, 0) is 6.18 Å². The lowest BCUT2D eigenvalue weighted by atomic mass is 9.90. The molecule has 7 heteroatoms. The third-order valence-corrected chi connectivity index (χ3v) is 4.10.